The Morgan fingerprint density at radius 1 is 0.739 bits per heavy atom. The molecule has 0 aliphatic carbocycles. The zero-order valence-corrected chi connectivity index (χ0v) is 12.8. The molecule has 3 aromatic rings. The summed E-state index contributed by atoms with van der Waals surface area (Å²) in [6.45, 7) is 0. The van der Waals surface area contributed by atoms with Crippen LogP contribution < -0.4 is 0 Å². The van der Waals surface area contributed by atoms with Crippen molar-refractivity contribution in [3.8, 4) is 0 Å². The van der Waals surface area contributed by atoms with Crippen molar-refractivity contribution in [2.24, 2.45) is 0 Å². The van der Waals surface area contributed by atoms with Gasteiger partial charge in [0.15, 0.2) is 0 Å². The standard InChI is InChI=1S/C19H13ClF2O/c20-17-7-3-1-5-15(17)19(23,13-9-11-14(21)12-10-13)16-6-2-4-8-18(16)22/h1-12,23H. The van der Waals surface area contributed by atoms with Gasteiger partial charge in [-0.05, 0) is 29.8 Å². The Labute approximate surface area is 137 Å². The first-order valence-electron chi connectivity index (χ1n) is 7.02. The summed E-state index contributed by atoms with van der Waals surface area (Å²) in [5, 5.41) is 11.7. The largest absolute Gasteiger partial charge is 0.376 e. The van der Waals surface area contributed by atoms with Gasteiger partial charge in [0.25, 0.3) is 0 Å². The van der Waals surface area contributed by atoms with Crippen LogP contribution in [-0.2, 0) is 5.60 Å². The lowest BCUT2D eigenvalue weighted by atomic mass is 9.80. The maximum absolute atomic E-state index is 14.4. The zero-order chi connectivity index (χ0) is 16.4. The van der Waals surface area contributed by atoms with Gasteiger partial charge in [-0.3, -0.25) is 0 Å². The van der Waals surface area contributed by atoms with Crippen molar-refractivity contribution >= 4 is 11.6 Å². The fraction of sp³-hybridized carbons (Fsp3) is 0.0526. The first-order valence-corrected chi connectivity index (χ1v) is 7.39. The van der Waals surface area contributed by atoms with Crippen LogP contribution >= 0.6 is 11.6 Å². The summed E-state index contributed by atoms with van der Waals surface area (Å²) in [7, 11) is 0. The summed E-state index contributed by atoms with van der Waals surface area (Å²) in [6.07, 6.45) is 0. The molecule has 1 N–H and O–H groups in total. The molecule has 0 aromatic heterocycles. The van der Waals surface area contributed by atoms with Crippen LogP contribution in [0.1, 0.15) is 16.7 Å². The molecule has 23 heavy (non-hydrogen) atoms. The summed E-state index contributed by atoms with van der Waals surface area (Å²) < 4.78 is 27.6. The minimum Gasteiger partial charge on any atom is -0.376 e. The normalized spacial score (nSPS) is 13.6. The second kappa shape index (κ2) is 6.11. The molecule has 0 heterocycles. The van der Waals surface area contributed by atoms with Gasteiger partial charge in [-0.2, -0.15) is 0 Å². The van der Waals surface area contributed by atoms with Crippen molar-refractivity contribution in [3.63, 3.8) is 0 Å². The molecule has 0 bridgehead atoms. The molecule has 3 rings (SSSR count). The molecule has 0 radical (unpaired) electrons. The third-order valence-electron chi connectivity index (χ3n) is 3.79. The predicted molar refractivity (Wildman–Crippen MR) is 86.4 cm³/mol. The highest BCUT2D eigenvalue weighted by molar-refractivity contribution is 6.31. The molecule has 0 spiro atoms. The fourth-order valence-electron chi connectivity index (χ4n) is 2.66. The molecule has 0 fully saturated rings. The van der Waals surface area contributed by atoms with Crippen molar-refractivity contribution < 1.29 is 13.9 Å². The topological polar surface area (TPSA) is 20.2 Å². The van der Waals surface area contributed by atoms with E-state index < -0.39 is 17.2 Å². The number of hydrogen-bond acceptors (Lipinski definition) is 1. The van der Waals surface area contributed by atoms with Crippen molar-refractivity contribution in [1.29, 1.82) is 0 Å². The van der Waals surface area contributed by atoms with E-state index in [0.717, 1.165) is 0 Å². The highest BCUT2D eigenvalue weighted by Crippen LogP contribution is 2.40. The third kappa shape index (κ3) is 2.74. The van der Waals surface area contributed by atoms with Crippen LogP contribution in [0.5, 0.6) is 0 Å². The number of aliphatic hydroxyl groups is 1. The average Bonchev–Trinajstić information content (AvgIpc) is 2.56. The molecule has 0 aliphatic heterocycles. The number of rotatable bonds is 3. The third-order valence-corrected chi connectivity index (χ3v) is 4.12. The van der Waals surface area contributed by atoms with E-state index in [1.807, 2.05) is 0 Å². The Morgan fingerprint density at radius 3 is 1.91 bits per heavy atom. The van der Waals surface area contributed by atoms with Crippen LogP contribution in [0, 0.1) is 11.6 Å². The van der Waals surface area contributed by atoms with Crippen LogP contribution in [0.15, 0.2) is 72.8 Å². The van der Waals surface area contributed by atoms with Gasteiger partial charge >= 0.3 is 0 Å². The molecule has 3 aromatic carbocycles. The monoisotopic (exact) mass is 330 g/mol. The number of benzene rings is 3. The summed E-state index contributed by atoms with van der Waals surface area (Å²) >= 11 is 6.24. The molecule has 1 unspecified atom stereocenters. The Bertz CT molecular complexity index is 785. The van der Waals surface area contributed by atoms with Gasteiger partial charge in [0.1, 0.15) is 17.2 Å². The van der Waals surface area contributed by atoms with Gasteiger partial charge < -0.3 is 5.11 Å². The van der Waals surface area contributed by atoms with E-state index >= 15 is 0 Å². The molecule has 0 saturated heterocycles. The maximum Gasteiger partial charge on any atom is 0.144 e. The van der Waals surface area contributed by atoms with Gasteiger partial charge in [0.05, 0.1) is 0 Å². The molecule has 0 saturated carbocycles. The van der Waals surface area contributed by atoms with Gasteiger partial charge in [0.2, 0.25) is 0 Å². The lowest BCUT2D eigenvalue weighted by Gasteiger charge is -2.31. The van der Waals surface area contributed by atoms with Crippen LogP contribution in [0.25, 0.3) is 0 Å². The van der Waals surface area contributed by atoms with Gasteiger partial charge in [-0.25, -0.2) is 8.78 Å². The predicted octanol–water partition coefficient (Wildman–Crippen LogP) is 4.90. The first kappa shape index (κ1) is 15.7. The van der Waals surface area contributed by atoms with Gasteiger partial charge in [-0.1, -0.05) is 60.1 Å². The molecule has 0 aliphatic rings. The van der Waals surface area contributed by atoms with Crippen LogP contribution in [-0.4, -0.2) is 5.11 Å². The summed E-state index contributed by atoms with van der Waals surface area (Å²) in [4.78, 5) is 0. The van der Waals surface area contributed by atoms with Crippen molar-refractivity contribution in [1.82, 2.24) is 0 Å². The van der Waals surface area contributed by atoms with Gasteiger partial charge in [-0.15, -0.1) is 0 Å². The van der Waals surface area contributed by atoms with Crippen molar-refractivity contribution in [3.05, 3.63) is 106 Å². The Hall–Kier alpha value is -2.23. The SMILES string of the molecule is OC(c1ccc(F)cc1)(c1ccccc1F)c1ccccc1Cl. The van der Waals surface area contributed by atoms with E-state index in [1.54, 1.807) is 30.3 Å². The fourth-order valence-corrected chi connectivity index (χ4v) is 2.93. The van der Waals surface area contributed by atoms with E-state index in [2.05, 4.69) is 0 Å². The van der Waals surface area contributed by atoms with E-state index in [1.165, 1.54) is 42.5 Å². The van der Waals surface area contributed by atoms with Crippen LogP contribution in [0.2, 0.25) is 5.02 Å². The molecular weight excluding hydrogens is 318 g/mol. The lowest BCUT2D eigenvalue weighted by molar-refractivity contribution is 0.121. The quantitative estimate of drug-likeness (QED) is 0.677. The minimum atomic E-state index is -1.82. The van der Waals surface area contributed by atoms with E-state index in [-0.39, 0.29) is 5.56 Å². The van der Waals surface area contributed by atoms with E-state index in [0.29, 0.717) is 16.1 Å². The second-order valence-electron chi connectivity index (χ2n) is 5.18. The summed E-state index contributed by atoms with van der Waals surface area (Å²) in [6, 6.07) is 17.9. The first-order chi connectivity index (χ1) is 11.0. The summed E-state index contributed by atoms with van der Waals surface area (Å²) in [5.74, 6) is -1.01. The molecular formula is C19H13ClF2O. The lowest BCUT2D eigenvalue weighted by Crippen LogP contribution is -2.30. The highest BCUT2D eigenvalue weighted by atomic mass is 35.5. The Morgan fingerprint density at radius 2 is 1.30 bits per heavy atom. The van der Waals surface area contributed by atoms with E-state index in [9.17, 15) is 13.9 Å². The van der Waals surface area contributed by atoms with E-state index in [4.69, 9.17) is 11.6 Å². The zero-order valence-electron chi connectivity index (χ0n) is 12.0. The average molecular weight is 331 g/mol. The highest BCUT2D eigenvalue weighted by Gasteiger charge is 2.37. The second-order valence-corrected chi connectivity index (χ2v) is 5.58. The molecule has 1 atom stereocenters. The molecule has 0 amide bonds. The molecule has 4 heteroatoms. The summed E-state index contributed by atoms with van der Waals surface area (Å²) in [5.41, 5.74) is -1.10. The molecule has 1 nitrogen and oxygen atoms in total. The molecule has 116 valence electrons. The minimum absolute atomic E-state index is 0.0553. The van der Waals surface area contributed by atoms with Crippen LogP contribution in [0.4, 0.5) is 8.78 Å². The van der Waals surface area contributed by atoms with Crippen LogP contribution in [0.3, 0.4) is 0 Å². The van der Waals surface area contributed by atoms with Crippen molar-refractivity contribution in [2.75, 3.05) is 0 Å². The smallest absolute Gasteiger partial charge is 0.144 e. The maximum atomic E-state index is 14.4. The van der Waals surface area contributed by atoms with Gasteiger partial charge in [0, 0.05) is 16.1 Å². The Kier molecular flexibility index (Phi) is 4.16. The number of hydrogen-bond donors (Lipinski definition) is 1. The Balaban J connectivity index is 2.32. The number of halogens is 3. The van der Waals surface area contributed by atoms with Crippen molar-refractivity contribution in [2.45, 2.75) is 5.60 Å².